The molecule has 0 aromatic rings. The molecule has 0 aromatic heterocycles. The fourth-order valence-electron chi connectivity index (χ4n) is 2.82. The van der Waals surface area contributed by atoms with Crippen molar-refractivity contribution in [2.75, 3.05) is 6.61 Å². The largest absolute Gasteiger partial charge is 0.368 e. The maximum Gasteiger partial charge on any atom is 0.161 e. The first-order valence-electron chi connectivity index (χ1n) is 6.47. The van der Waals surface area contributed by atoms with Gasteiger partial charge in [-0.05, 0) is 50.9 Å². The van der Waals surface area contributed by atoms with E-state index in [1.54, 1.807) is 6.92 Å². The summed E-state index contributed by atoms with van der Waals surface area (Å²) in [4.78, 5) is 11.7. The third kappa shape index (κ3) is 2.85. The summed E-state index contributed by atoms with van der Waals surface area (Å²) in [5, 5.41) is 0. The molecule has 0 atom stereocenters. The Balaban J connectivity index is 2.67. The smallest absolute Gasteiger partial charge is 0.161 e. The zero-order chi connectivity index (χ0) is 12.4. The lowest BCUT2D eigenvalue weighted by Gasteiger charge is -2.42. The summed E-state index contributed by atoms with van der Waals surface area (Å²) in [6.45, 7) is 11.2. The lowest BCUT2D eigenvalue weighted by molar-refractivity contribution is -0.149. The maximum absolute atomic E-state index is 11.7. The van der Waals surface area contributed by atoms with E-state index in [2.05, 4.69) is 20.8 Å². The second-order valence-corrected chi connectivity index (χ2v) is 6.12. The van der Waals surface area contributed by atoms with Gasteiger partial charge in [0.15, 0.2) is 5.78 Å². The van der Waals surface area contributed by atoms with Crippen LogP contribution in [0, 0.1) is 11.3 Å². The van der Waals surface area contributed by atoms with E-state index >= 15 is 0 Å². The van der Waals surface area contributed by atoms with Crippen LogP contribution in [0.5, 0.6) is 0 Å². The average Bonchev–Trinajstić information content (AvgIpc) is 2.17. The van der Waals surface area contributed by atoms with Gasteiger partial charge in [0.2, 0.25) is 0 Å². The number of hydrogen-bond acceptors (Lipinski definition) is 2. The minimum atomic E-state index is -0.462. The van der Waals surface area contributed by atoms with Crippen LogP contribution < -0.4 is 0 Å². The highest BCUT2D eigenvalue weighted by Crippen LogP contribution is 2.43. The maximum atomic E-state index is 11.7. The van der Waals surface area contributed by atoms with Gasteiger partial charge in [0, 0.05) is 6.61 Å². The van der Waals surface area contributed by atoms with Crippen LogP contribution in [0.15, 0.2) is 0 Å². The summed E-state index contributed by atoms with van der Waals surface area (Å²) in [6.07, 6.45) is 4.03. The number of rotatable bonds is 3. The van der Waals surface area contributed by atoms with Crippen molar-refractivity contribution in [1.29, 1.82) is 0 Å². The normalized spacial score (nSPS) is 31.4. The molecule has 0 radical (unpaired) electrons. The topological polar surface area (TPSA) is 26.3 Å². The summed E-state index contributed by atoms with van der Waals surface area (Å²) in [6, 6.07) is 0. The molecule has 2 heteroatoms. The molecule has 0 aliphatic heterocycles. The second kappa shape index (κ2) is 4.87. The van der Waals surface area contributed by atoms with E-state index in [4.69, 9.17) is 4.74 Å². The molecule has 1 fully saturated rings. The highest BCUT2D eigenvalue weighted by atomic mass is 16.5. The molecule has 0 saturated heterocycles. The van der Waals surface area contributed by atoms with Crippen molar-refractivity contribution in [3.05, 3.63) is 0 Å². The summed E-state index contributed by atoms with van der Waals surface area (Å²) in [5.74, 6) is 0.933. The highest BCUT2D eigenvalue weighted by molar-refractivity contribution is 5.85. The van der Waals surface area contributed by atoms with Crippen molar-refractivity contribution in [3.8, 4) is 0 Å². The zero-order valence-electron chi connectivity index (χ0n) is 11.4. The van der Waals surface area contributed by atoms with Crippen LogP contribution in [0.4, 0.5) is 0 Å². The van der Waals surface area contributed by atoms with Gasteiger partial charge in [-0.25, -0.2) is 0 Å². The predicted octanol–water partition coefficient (Wildman–Crippen LogP) is 3.59. The van der Waals surface area contributed by atoms with Crippen LogP contribution in [0.1, 0.15) is 60.3 Å². The van der Waals surface area contributed by atoms with E-state index in [9.17, 15) is 4.79 Å². The average molecular weight is 226 g/mol. The first-order chi connectivity index (χ1) is 7.32. The van der Waals surface area contributed by atoms with Gasteiger partial charge in [-0.2, -0.15) is 0 Å². The molecule has 0 bridgehead atoms. The lowest BCUT2D eigenvalue weighted by Crippen LogP contribution is -2.45. The van der Waals surface area contributed by atoms with Crippen molar-refractivity contribution in [2.24, 2.45) is 11.3 Å². The Morgan fingerprint density at radius 3 is 2.12 bits per heavy atom. The van der Waals surface area contributed by atoms with Gasteiger partial charge in [0.25, 0.3) is 0 Å². The molecule has 94 valence electrons. The van der Waals surface area contributed by atoms with Crippen LogP contribution in [-0.2, 0) is 9.53 Å². The van der Waals surface area contributed by atoms with Gasteiger partial charge in [0.1, 0.15) is 5.60 Å². The van der Waals surface area contributed by atoms with Gasteiger partial charge in [-0.1, -0.05) is 20.8 Å². The summed E-state index contributed by atoms with van der Waals surface area (Å²) in [5.41, 5.74) is -0.105. The fraction of sp³-hybridized carbons (Fsp3) is 0.929. The van der Waals surface area contributed by atoms with Gasteiger partial charge in [0.05, 0.1) is 0 Å². The SMILES string of the molecule is CCOC1(C(C)=O)CCC(C(C)(C)C)CC1. The molecule has 1 aliphatic rings. The predicted molar refractivity (Wildman–Crippen MR) is 66.5 cm³/mol. The number of carbonyl (C=O) groups excluding carboxylic acids is 1. The minimum absolute atomic E-state index is 0.210. The highest BCUT2D eigenvalue weighted by Gasteiger charge is 2.42. The van der Waals surface area contributed by atoms with E-state index in [-0.39, 0.29) is 5.78 Å². The van der Waals surface area contributed by atoms with Gasteiger partial charge < -0.3 is 4.74 Å². The lowest BCUT2D eigenvalue weighted by atomic mass is 9.67. The molecule has 0 amide bonds. The first kappa shape index (κ1) is 13.7. The molecule has 2 nitrogen and oxygen atoms in total. The number of ether oxygens (including phenoxy) is 1. The van der Waals surface area contributed by atoms with Gasteiger partial charge >= 0.3 is 0 Å². The monoisotopic (exact) mass is 226 g/mol. The molecular weight excluding hydrogens is 200 g/mol. The van der Waals surface area contributed by atoms with Crippen LogP contribution in [-0.4, -0.2) is 18.0 Å². The van der Waals surface area contributed by atoms with Crippen molar-refractivity contribution in [2.45, 2.75) is 65.9 Å². The summed E-state index contributed by atoms with van der Waals surface area (Å²) >= 11 is 0. The standard InChI is InChI=1S/C14H26O2/c1-6-16-14(11(2)15)9-7-12(8-10-14)13(3,4)5/h12H,6-10H2,1-5H3. The first-order valence-corrected chi connectivity index (χ1v) is 6.47. The van der Waals surface area contributed by atoms with Gasteiger partial charge in [-0.3, -0.25) is 4.79 Å². The second-order valence-electron chi connectivity index (χ2n) is 6.12. The molecule has 1 saturated carbocycles. The Morgan fingerprint density at radius 1 is 1.31 bits per heavy atom. The van der Waals surface area contributed by atoms with Crippen LogP contribution in [0.3, 0.4) is 0 Å². The summed E-state index contributed by atoms with van der Waals surface area (Å²) in [7, 11) is 0. The molecule has 0 unspecified atom stereocenters. The Labute approximate surface area is 99.8 Å². The molecule has 0 spiro atoms. The fourth-order valence-corrected chi connectivity index (χ4v) is 2.82. The van der Waals surface area contributed by atoms with Crippen LogP contribution >= 0.6 is 0 Å². The molecule has 1 aliphatic carbocycles. The molecule has 0 heterocycles. The van der Waals surface area contributed by atoms with Crippen LogP contribution in [0.2, 0.25) is 0 Å². The third-order valence-electron chi connectivity index (χ3n) is 4.08. The van der Waals surface area contributed by atoms with Crippen LogP contribution in [0.25, 0.3) is 0 Å². The number of ketones is 1. The van der Waals surface area contributed by atoms with E-state index in [1.165, 1.54) is 0 Å². The van der Waals surface area contributed by atoms with E-state index in [1.807, 2.05) is 6.92 Å². The minimum Gasteiger partial charge on any atom is -0.368 e. The van der Waals surface area contributed by atoms with E-state index in [0.29, 0.717) is 12.0 Å². The van der Waals surface area contributed by atoms with E-state index in [0.717, 1.165) is 31.6 Å². The van der Waals surface area contributed by atoms with Crippen molar-refractivity contribution < 1.29 is 9.53 Å². The molecule has 0 aromatic carbocycles. The Hall–Kier alpha value is -0.370. The third-order valence-corrected chi connectivity index (χ3v) is 4.08. The van der Waals surface area contributed by atoms with Crippen molar-refractivity contribution in [3.63, 3.8) is 0 Å². The molecule has 0 N–H and O–H groups in total. The Kier molecular flexibility index (Phi) is 4.17. The molecular formula is C14H26O2. The number of hydrogen-bond donors (Lipinski definition) is 0. The molecule has 1 rings (SSSR count). The zero-order valence-corrected chi connectivity index (χ0v) is 11.4. The van der Waals surface area contributed by atoms with E-state index < -0.39 is 5.60 Å². The van der Waals surface area contributed by atoms with Crippen molar-refractivity contribution >= 4 is 5.78 Å². The molecule has 16 heavy (non-hydrogen) atoms. The Morgan fingerprint density at radius 2 is 1.81 bits per heavy atom. The van der Waals surface area contributed by atoms with Crippen molar-refractivity contribution in [1.82, 2.24) is 0 Å². The Bertz CT molecular complexity index is 242. The summed E-state index contributed by atoms with van der Waals surface area (Å²) < 4.78 is 5.74. The quantitative estimate of drug-likeness (QED) is 0.735. The number of Topliss-reactive ketones (excluding diaryl/α,β-unsaturated/α-hetero) is 1. The van der Waals surface area contributed by atoms with Gasteiger partial charge in [-0.15, -0.1) is 0 Å². The number of carbonyl (C=O) groups is 1.